The Morgan fingerprint density at radius 3 is 2.38 bits per heavy atom. The summed E-state index contributed by atoms with van der Waals surface area (Å²) >= 11 is 0. The number of piperazine rings is 1. The van der Waals surface area contributed by atoms with E-state index in [4.69, 9.17) is 4.74 Å². The number of hydrogen-bond acceptors (Lipinski definition) is 4. The fourth-order valence-corrected chi connectivity index (χ4v) is 3.63. The molecule has 2 aliphatic rings. The molecule has 3 rings (SSSR count). The minimum atomic E-state index is -0.349. The molecule has 2 heterocycles. The first-order valence-corrected chi connectivity index (χ1v) is 9.10. The molecule has 1 unspecified atom stereocenters. The minimum absolute atomic E-state index is 0.0633. The van der Waals surface area contributed by atoms with Crippen molar-refractivity contribution in [2.24, 2.45) is 0 Å². The smallest absolute Gasteiger partial charge is 0.409 e. The van der Waals surface area contributed by atoms with Gasteiger partial charge in [-0.1, -0.05) is 18.2 Å². The molecule has 1 saturated heterocycles. The second kappa shape index (κ2) is 7.76. The van der Waals surface area contributed by atoms with E-state index in [9.17, 15) is 14.4 Å². The standard InChI is InChI=1S/C19H25N3O4/c1-3-26-19(25)21-10-8-20(9-11-21)17(23)13-18(24)22-14(2)12-15-6-4-5-7-16(15)22/h4-7,14H,3,8-13H2,1-2H3. The Bertz CT molecular complexity index is 698. The van der Waals surface area contributed by atoms with Crippen LogP contribution in [0, 0.1) is 0 Å². The zero-order valence-corrected chi connectivity index (χ0v) is 15.3. The summed E-state index contributed by atoms with van der Waals surface area (Å²) in [6.07, 6.45) is 0.324. The highest BCUT2D eigenvalue weighted by atomic mass is 16.6. The molecule has 0 aromatic heterocycles. The van der Waals surface area contributed by atoms with Gasteiger partial charge in [0.15, 0.2) is 0 Å². The summed E-state index contributed by atoms with van der Waals surface area (Å²) in [6, 6.07) is 7.89. The molecule has 0 saturated carbocycles. The van der Waals surface area contributed by atoms with E-state index in [1.54, 1.807) is 21.6 Å². The number of hydrogen-bond donors (Lipinski definition) is 0. The molecular weight excluding hydrogens is 334 g/mol. The summed E-state index contributed by atoms with van der Waals surface area (Å²) < 4.78 is 4.98. The van der Waals surface area contributed by atoms with Gasteiger partial charge in [0.1, 0.15) is 6.42 Å². The van der Waals surface area contributed by atoms with E-state index < -0.39 is 0 Å². The number of fused-ring (bicyclic) bond motifs is 1. The first-order valence-electron chi connectivity index (χ1n) is 9.10. The Kier molecular flexibility index (Phi) is 5.44. The average molecular weight is 359 g/mol. The summed E-state index contributed by atoms with van der Waals surface area (Å²) in [4.78, 5) is 42.0. The largest absolute Gasteiger partial charge is 0.450 e. The van der Waals surface area contributed by atoms with Crippen LogP contribution in [0.2, 0.25) is 0 Å². The highest BCUT2D eigenvalue weighted by molar-refractivity contribution is 6.06. The van der Waals surface area contributed by atoms with E-state index in [2.05, 4.69) is 0 Å². The van der Waals surface area contributed by atoms with Crippen LogP contribution in [-0.4, -0.2) is 66.5 Å². The first-order chi connectivity index (χ1) is 12.5. The number of carbonyl (C=O) groups is 3. The fraction of sp³-hybridized carbons (Fsp3) is 0.526. The average Bonchev–Trinajstić information content (AvgIpc) is 2.97. The van der Waals surface area contributed by atoms with Crippen molar-refractivity contribution in [2.75, 3.05) is 37.7 Å². The molecule has 0 aliphatic carbocycles. The molecule has 26 heavy (non-hydrogen) atoms. The second-order valence-corrected chi connectivity index (χ2v) is 6.69. The Balaban J connectivity index is 1.56. The van der Waals surface area contributed by atoms with E-state index in [1.165, 1.54) is 0 Å². The van der Waals surface area contributed by atoms with E-state index >= 15 is 0 Å². The predicted octanol–water partition coefficient (Wildman–Crippen LogP) is 1.65. The van der Waals surface area contributed by atoms with E-state index in [1.807, 2.05) is 31.2 Å². The molecule has 3 amide bonds. The molecule has 140 valence electrons. The number of carbonyl (C=O) groups excluding carboxylic acids is 3. The maximum absolute atomic E-state index is 12.7. The SMILES string of the molecule is CCOC(=O)N1CCN(C(=O)CC(=O)N2c3ccccc3CC2C)CC1. The van der Waals surface area contributed by atoms with Crippen molar-refractivity contribution in [2.45, 2.75) is 32.7 Å². The summed E-state index contributed by atoms with van der Waals surface area (Å²) in [5.41, 5.74) is 2.05. The van der Waals surface area contributed by atoms with Crippen LogP contribution in [0.5, 0.6) is 0 Å². The van der Waals surface area contributed by atoms with Gasteiger partial charge in [-0.05, 0) is 31.9 Å². The van der Waals surface area contributed by atoms with Gasteiger partial charge in [0, 0.05) is 37.9 Å². The number of para-hydroxylation sites is 1. The number of ether oxygens (including phenoxy) is 1. The van der Waals surface area contributed by atoms with Gasteiger partial charge in [0.05, 0.1) is 6.61 Å². The molecule has 0 radical (unpaired) electrons. The second-order valence-electron chi connectivity index (χ2n) is 6.69. The van der Waals surface area contributed by atoms with Crippen LogP contribution in [0.25, 0.3) is 0 Å². The molecule has 1 atom stereocenters. The molecule has 2 aliphatic heterocycles. The Morgan fingerprint density at radius 1 is 1.04 bits per heavy atom. The van der Waals surface area contributed by atoms with Crippen molar-refractivity contribution in [3.05, 3.63) is 29.8 Å². The number of anilines is 1. The number of benzene rings is 1. The lowest BCUT2D eigenvalue weighted by Gasteiger charge is -2.34. The molecule has 0 spiro atoms. The Morgan fingerprint density at radius 2 is 1.69 bits per heavy atom. The lowest BCUT2D eigenvalue weighted by atomic mass is 10.1. The van der Waals surface area contributed by atoms with Crippen molar-refractivity contribution >= 4 is 23.6 Å². The highest BCUT2D eigenvalue weighted by Gasteiger charge is 2.33. The van der Waals surface area contributed by atoms with Crippen LogP contribution in [0.1, 0.15) is 25.8 Å². The van der Waals surface area contributed by atoms with Crippen LogP contribution in [0.4, 0.5) is 10.5 Å². The number of rotatable bonds is 3. The fourth-order valence-electron chi connectivity index (χ4n) is 3.63. The van der Waals surface area contributed by atoms with Gasteiger partial charge in [0.2, 0.25) is 11.8 Å². The van der Waals surface area contributed by atoms with Gasteiger partial charge in [-0.15, -0.1) is 0 Å². The zero-order valence-electron chi connectivity index (χ0n) is 15.3. The summed E-state index contributed by atoms with van der Waals surface area (Å²) in [6.45, 7) is 5.82. The lowest BCUT2D eigenvalue weighted by Crippen LogP contribution is -2.51. The lowest BCUT2D eigenvalue weighted by molar-refractivity contribution is -0.136. The van der Waals surface area contributed by atoms with Crippen molar-refractivity contribution in [3.63, 3.8) is 0 Å². The van der Waals surface area contributed by atoms with Gasteiger partial charge in [0.25, 0.3) is 0 Å². The maximum atomic E-state index is 12.7. The van der Waals surface area contributed by atoms with Gasteiger partial charge in [-0.3, -0.25) is 9.59 Å². The monoisotopic (exact) mass is 359 g/mol. The molecule has 0 N–H and O–H groups in total. The molecule has 1 aromatic rings. The molecule has 0 bridgehead atoms. The third-order valence-corrected chi connectivity index (χ3v) is 4.94. The van der Waals surface area contributed by atoms with E-state index in [-0.39, 0.29) is 30.4 Å². The maximum Gasteiger partial charge on any atom is 0.409 e. The normalized spacial score (nSPS) is 19.3. The third-order valence-electron chi connectivity index (χ3n) is 4.94. The van der Waals surface area contributed by atoms with Gasteiger partial charge < -0.3 is 19.4 Å². The molecule has 1 fully saturated rings. The van der Waals surface area contributed by atoms with Crippen molar-refractivity contribution in [1.29, 1.82) is 0 Å². The van der Waals surface area contributed by atoms with Gasteiger partial charge >= 0.3 is 6.09 Å². The van der Waals surface area contributed by atoms with Gasteiger partial charge in [-0.2, -0.15) is 0 Å². The number of nitrogens with zero attached hydrogens (tertiary/aromatic N) is 3. The van der Waals surface area contributed by atoms with Gasteiger partial charge in [-0.25, -0.2) is 4.79 Å². The van der Waals surface area contributed by atoms with E-state index in [0.29, 0.717) is 32.8 Å². The highest BCUT2D eigenvalue weighted by Crippen LogP contribution is 2.32. The van der Waals surface area contributed by atoms with E-state index in [0.717, 1.165) is 17.7 Å². The summed E-state index contributed by atoms with van der Waals surface area (Å²) in [7, 11) is 0. The van der Waals surface area contributed by atoms with Crippen molar-refractivity contribution in [3.8, 4) is 0 Å². The van der Waals surface area contributed by atoms with Crippen LogP contribution >= 0.6 is 0 Å². The molecular formula is C19H25N3O4. The summed E-state index contributed by atoms with van der Waals surface area (Å²) in [5.74, 6) is -0.352. The van der Waals surface area contributed by atoms with Crippen LogP contribution in [-0.2, 0) is 20.7 Å². The van der Waals surface area contributed by atoms with Crippen molar-refractivity contribution < 1.29 is 19.1 Å². The quantitative estimate of drug-likeness (QED) is 0.770. The topological polar surface area (TPSA) is 70.2 Å². The predicted molar refractivity (Wildman–Crippen MR) is 96.9 cm³/mol. The molecule has 7 nitrogen and oxygen atoms in total. The van der Waals surface area contributed by atoms with Crippen LogP contribution in [0.15, 0.2) is 24.3 Å². The van der Waals surface area contributed by atoms with Crippen LogP contribution < -0.4 is 4.90 Å². The Labute approximate surface area is 153 Å². The molecule has 7 heteroatoms. The zero-order chi connectivity index (χ0) is 18.7. The first kappa shape index (κ1) is 18.2. The van der Waals surface area contributed by atoms with Crippen molar-refractivity contribution in [1.82, 2.24) is 9.80 Å². The third kappa shape index (κ3) is 3.66. The minimum Gasteiger partial charge on any atom is -0.450 e. The number of amides is 3. The van der Waals surface area contributed by atoms with Crippen LogP contribution in [0.3, 0.4) is 0 Å². The summed E-state index contributed by atoms with van der Waals surface area (Å²) in [5, 5.41) is 0. The Hall–Kier alpha value is -2.57. The molecule has 1 aromatic carbocycles.